The maximum atomic E-state index is 5.93. The molecule has 1 aromatic carbocycles. The minimum Gasteiger partial charge on any atom is -0.478 e. The number of benzene rings is 1. The van der Waals surface area contributed by atoms with E-state index in [1.807, 2.05) is 24.3 Å². The lowest BCUT2D eigenvalue weighted by Crippen LogP contribution is -2.13. The molecule has 0 unspecified atom stereocenters. The molecule has 1 aliphatic rings. The number of rotatable bonds is 3. The van der Waals surface area contributed by atoms with Gasteiger partial charge in [-0.25, -0.2) is 4.99 Å². The third kappa shape index (κ3) is 2.76. The summed E-state index contributed by atoms with van der Waals surface area (Å²) in [5, 5.41) is 0.761. The summed E-state index contributed by atoms with van der Waals surface area (Å²) in [4.78, 5) is 4.56. The third-order valence-corrected chi connectivity index (χ3v) is 2.98. The zero-order valence-electron chi connectivity index (χ0n) is 9.61. The molecule has 1 atom stereocenters. The highest BCUT2D eigenvalue weighted by atomic mass is 35.5. The molecule has 16 heavy (non-hydrogen) atoms. The van der Waals surface area contributed by atoms with Crippen molar-refractivity contribution < 1.29 is 4.74 Å². The van der Waals surface area contributed by atoms with Crippen LogP contribution in [-0.2, 0) is 11.2 Å². The summed E-state index contributed by atoms with van der Waals surface area (Å²) < 4.78 is 5.58. The van der Waals surface area contributed by atoms with Crippen LogP contribution in [0.25, 0.3) is 0 Å². The van der Waals surface area contributed by atoms with Crippen molar-refractivity contribution in [3.8, 4) is 0 Å². The van der Waals surface area contributed by atoms with E-state index in [-0.39, 0.29) is 0 Å². The van der Waals surface area contributed by atoms with Crippen LogP contribution in [0.5, 0.6) is 0 Å². The van der Waals surface area contributed by atoms with Gasteiger partial charge in [0.1, 0.15) is 6.61 Å². The van der Waals surface area contributed by atoms with E-state index < -0.39 is 0 Å². The van der Waals surface area contributed by atoms with Crippen LogP contribution in [0.1, 0.15) is 19.4 Å². The van der Waals surface area contributed by atoms with Crippen LogP contribution in [0, 0.1) is 5.92 Å². The molecule has 86 valence electrons. The van der Waals surface area contributed by atoms with Gasteiger partial charge in [0.25, 0.3) is 0 Å². The Hall–Kier alpha value is -1.02. The Bertz CT molecular complexity index is 401. The first-order valence-corrected chi connectivity index (χ1v) is 5.97. The summed E-state index contributed by atoms with van der Waals surface area (Å²) in [5.74, 6) is 1.37. The van der Waals surface area contributed by atoms with Crippen molar-refractivity contribution >= 4 is 17.5 Å². The Morgan fingerprint density at radius 2 is 2.31 bits per heavy atom. The summed E-state index contributed by atoms with van der Waals surface area (Å²) in [6.45, 7) is 5.05. The number of aliphatic imine (C=N–C) groups is 1. The molecule has 0 saturated heterocycles. The summed E-state index contributed by atoms with van der Waals surface area (Å²) >= 11 is 5.93. The van der Waals surface area contributed by atoms with Crippen molar-refractivity contribution in [1.29, 1.82) is 0 Å². The normalized spacial score (nSPS) is 19.8. The van der Waals surface area contributed by atoms with E-state index in [0.29, 0.717) is 18.6 Å². The fourth-order valence-corrected chi connectivity index (χ4v) is 1.91. The molecular formula is C13H16ClNO. The van der Waals surface area contributed by atoms with Crippen molar-refractivity contribution in [2.24, 2.45) is 10.9 Å². The Morgan fingerprint density at radius 3 is 2.94 bits per heavy atom. The Kier molecular flexibility index (Phi) is 3.49. The molecule has 2 rings (SSSR count). The highest BCUT2D eigenvalue weighted by Gasteiger charge is 2.21. The first-order valence-electron chi connectivity index (χ1n) is 5.59. The van der Waals surface area contributed by atoms with Gasteiger partial charge >= 0.3 is 0 Å². The van der Waals surface area contributed by atoms with Gasteiger partial charge in [-0.3, -0.25) is 0 Å². The van der Waals surface area contributed by atoms with Crippen LogP contribution in [-0.4, -0.2) is 18.5 Å². The zero-order chi connectivity index (χ0) is 11.5. The van der Waals surface area contributed by atoms with Gasteiger partial charge in [0, 0.05) is 11.4 Å². The fraction of sp³-hybridized carbons (Fsp3) is 0.462. The molecular weight excluding hydrogens is 222 g/mol. The van der Waals surface area contributed by atoms with E-state index in [1.54, 1.807) is 0 Å². The second kappa shape index (κ2) is 4.88. The van der Waals surface area contributed by atoms with Gasteiger partial charge in [0.2, 0.25) is 0 Å². The molecule has 1 aliphatic heterocycles. The topological polar surface area (TPSA) is 21.6 Å². The highest BCUT2D eigenvalue weighted by Crippen LogP contribution is 2.17. The fourth-order valence-electron chi connectivity index (χ4n) is 1.70. The summed E-state index contributed by atoms with van der Waals surface area (Å²) in [5.41, 5.74) is 1.15. The SMILES string of the molecule is CC(C)[C@@H]1COC(Cc2cccc(Cl)c2)=N1. The van der Waals surface area contributed by atoms with Gasteiger partial charge in [0.05, 0.1) is 6.04 Å². The van der Waals surface area contributed by atoms with Crippen molar-refractivity contribution in [3.05, 3.63) is 34.9 Å². The summed E-state index contributed by atoms with van der Waals surface area (Å²) in [6.07, 6.45) is 0.740. The quantitative estimate of drug-likeness (QED) is 0.790. The van der Waals surface area contributed by atoms with E-state index in [9.17, 15) is 0 Å². The van der Waals surface area contributed by atoms with Crippen molar-refractivity contribution in [2.75, 3.05) is 6.61 Å². The molecule has 1 aromatic rings. The molecule has 0 aliphatic carbocycles. The zero-order valence-corrected chi connectivity index (χ0v) is 10.4. The number of nitrogens with zero attached hydrogens (tertiary/aromatic N) is 1. The molecule has 0 fully saturated rings. The first-order chi connectivity index (χ1) is 7.65. The molecule has 0 bridgehead atoms. The van der Waals surface area contributed by atoms with Crippen LogP contribution >= 0.6 is 11.6 Å². The average molecular weight is 238 g/mol. The van der Waals surface area contributed by atoms with Crippen LogP contribution < -0.4 is 0 Å². The minimum atomic E-state index is 0.314. The highest BCUT2D eigenvalue weighted by molar-refractivity contribution is 6.30. The van der Waals surface area contributed by atoms with Crippen molar-refractivity contribution in [2.45, 2.75) is 26.3 Å². The van der Waals surface area contributed by atoms with Gasteiger partial charge in [-0.2, -0.15) is 0 Å². The van der Waals surface area contributed by atoms with Crippen molar-refractivity contribution in [1.82, 2.24) is 0 Å². The third-order valence-electron chi connectivity index (χ3n) is 2.74. The molecule has 2 nitrogen and oxygen atoms in total. The Balaban J connectivity index is 2.03. The van der Waals surface area contributed by atoms with Gasteiger partial charge in [0.15, 0.2) is 5.90 Å². The van der Waals surface area contributed by atoms with Crippen LogP contribution in [0.15, 0.2) is 29.3 Å². The molecule has 0 saturated carbocycles. The van der Waals surface area contributed by atoms with Gasteiger partial charge < -0.3 is 4.74 Å². The number of halogens is 1. The summed E-state index contributed by atoms with van der Waals surface area (Å²) in [7, 11) is 0. The maximum absolute atomic E-state index is 5.93. The molecule has 3 heteroatoms. The molecule has 1 heterocycles. The van der Waals surface area contributed by atoms with Gasteiger partial charge in [-0.05, 0) is 23.6 Å². The standard InChI is InChI=1S/C13H16ClNO/c1-9(2)12-8-16-13(15-12)7-10-4-3-5-11(14)6-10/h3-6,9,12H,7-8H2,1-2H3/t12-/m0/s1. The Labute approximate surface area is 101 Å². The van der Waals surface area contributed by atoms with Crippen LogP contribution in [0.2, 0.25) is 5.02 Å². The van der Waals surface area contributed by atoms with Crippen molar-refractivity contribution in [3.63, 3.8) is 0 Å². The maximum Gasteiger partial charge on any atom is 0.188 e. The monoisotopic (exact) mass is 237 g/mol. The van der Waals surface area contributed by atoms with Crippen LogP contribution in [0.3, 0.4) is 0 Å². The molecule has 0 amide bonds. The smallest absolute Gasteiger partial charge is 0.188 e. The number of hydrogen-bond donors (Lipinski definition) is 0. The minimum absolute atomic E-state index is 0.314. The lowest BCUT2D eigenvalue weighted by atomic mass is 10.1. The van der Waals surface area contributed by atoms with Gasteiger partial charge in [-0.15, -0.1) is 0 Å². The Morgan fingerprint density at radius 1 is 1.50 bits per heavy atom. The first kappa shape index (κ1) is 11.5. The van der Waals surface area contributed by atoms with E-state index in [0.717, 1.165) is 22.9 Å². The predicted molar refractivity (Wildman–Crippen MR) is 67.2 cm³/mol. The molecule has 0 aromatic heterocycles. The molecule has 0 spiro atoms. The second-order valence-electron chi connectivity index (χ2n) is 4.45. The van der Waals surface area contributed by atoms with Crippen LogP contribution in [0.4, 0.5) is 0 Å². The second-order valence-corrected chi connectivity index (χ2v) is 4.89. The van der Waals surface area contributed by atoms with E-state index in [1.165, 1.54) is 0 Å². The largest absolute Gasteiger partial charge is 0.478 e. The number of hydrogen-bond acceptors (Lipinski definition) is 2. The lowest BCUT2D eigenvalue weighted by molar-refractivity contribution is 0.287. The lowest BCUT2D eigenvalue weighted by Gasteiger charge is -2.06. The number of ether oxygens (including phenoxy) is 1. The summed E-state index contributed by atoms with van der Waals surface area (Å²) in [6, 6.07) is 8.14. The molecule has 0 N–H and O–H groups in total. The molecule has 0 radical (unpaired) electrons. The van der Waals surface area contributed by atoms with E-state index >= 15 is 0 Å². The average Bonchev–Trinajstić information content (AvgIpc) is 2.66. The predicted octanol–water partition coefficient (Wildman–Crippen LogP) is 3.34. The van der Waals surface area contributed by atoms with E-state index in [2.05, 4.69) is 18.8 Å². The van der Waals surface area contributed by atoms with Gasteiger partial charge in [-0.1, -0.05) is 37.6 Å². The van der Waals surface area contributed by atoms with E-state index in [4.69, 9.17) is 16.3 Å².